The van der Waals surface area contributed by atoms with Crippen LogP contribution in [-0.4, -0.2) is 36.1 Å². The number of rotatable bonds is 3. The van der Waals surface area contributed by atoms with Gasteiger partial charge in [-0.1, -0.05) is 0 Å². The SMILES string of the molecule is CNC1CN(Cc2ccncc2)C1. The zero-order chi connectivity index (χ0) is 9.10. The van der Waals surface area contributed by atoms with Gasteiger partial charge in [0.2, 0.25) is 0 Å². The molecule has 0 amide bonds. The van der Waals surface area contributed by atoms with Crippen LogP contribution in [0.1, 0.15) is 5.56 Å². The zero-order valence-electron chi connectivity index (χ0n) is 7.90. The number of aromatic nitrogens is 1. The lowest BCUT2D eigenvalue weighted by Gasteiger charge is -2.39. The van der Waals surface area contributed by atoms with Crippen LogP contribution in [-0.2, 0) is 6.54 Å². The van der Waals surface area contributed by atoms with Crippen LogP contribution in [0.15, 0.2) is 24.5 Å². The lowest BCUT2D eigenvalue weighted by atomic mass is 10.1. The fourth-order valence-electron chi connectivity index (χ4n) is 1.63. The Balaban J connectivity index is 1.81. The maximum Gasteiger partial charge on any atom is 0.0320 e. The molecule has 1 fully saturated rings. The molecule has 13 heavy (non-hydrogen) atoms. The normalized spacial score (nSPS) is 18.5. The highest BCUT2D eigenvalue weighted by molar-refractivity contribution is 5.10. The van der Waals surface area contributed by atoms with Crippen LogP contribution in [0.3, 0.4) is 0 Å². The molecule has 1 aromatic heterocycles. The van der Waals surface area contributed by atoms with Crippen molar-refractivity contribution in [1.29, 1.82) is 0 Å². The van der Waals surface area contributed by atoms with Crippen LogP contribution in [0, 0.1) is 0 Å². The number of likely N-dealkylation sites (tertiary alicyclic amines) is 1. The standard InChI is InChI=1S/C10H15N3/c1-11-10-7-13(8-10)6-9-2-4-12-5-3-9/h2-5,10-11H,6-8H2,1H3. The topological polar surface area (TPSA) is 28.2 Å². The summed E-state index contributed by atoms with van der Waals surface area (Å²) >= 11 is 0. The van der Waals surface area contributed by atoms with E-state index in [2.05, 4.69) is 27.3 Å². The average molecular weight is 177 g/mol. The first-order valence-electron chi connectivity index (χ1n) is 4.67. The van der Waals surface area contributed by atoms with Crippen molar-refractivity contribution in [2.45, 2.75) is 12.6 Å². The predicted molar refractivity (Wildman–Crippen MR) is 52.4 cm³/mol. The molecule has 1 aliphatic rings. The number of likely N-dealkylation sites (N-methyl/N-ethyl adjacent to an activating group) is 1. The van der Waals surface area contributed by atoms with Gasteiger partial charge in [0.15, 0.2) is 0 Å². The number of nitrogens with one attached hydrogen (secondary N) is 1. The van der Waals surface area contributed by atoms with Crippen molar-refractivity contribution in [3.05, 3.63) is 30.1 Å². The average Bonchev–Trinajstić information content (AvgIpc) is 2.12. The van der Waals surface area contributed by atoms with Gasteiger partial charge in [0.25, 0.3) is 0 Å². The number of nitrogens with zero attached hydrogens (tertiary/aromatic N) is 2. The van der Waals surface area contributed by atoms with E-state index in [0.29, 0.717) is 6.04 Å². The first kappa shape index (κ1) is 8.66. The molecule has 3 heteroatoms. The number of hydrogen-bond donors (Lipinski definition) is 1. The van der Waals surface area contributed by atoms with Gasteiger partial charge in [-0.15, -0.1) is 0 Å². The van der Waals surface area contributed by atoms with Gasteiger partial charge in [-0.25, -0.2) is 0 Å². The summed E-state index contributed by atoms with van der Waals surface area (Å²) in [5.41, 5.74) is 1.35. The Labute approximate surface area is 78.8 Å². The van der Waals surface area contributed by atoms with E-state index >= 15 is 0 Å². The fourth-order valence-corrected chi connectivity index (χ4v) is 1.63. The van der Waals surface area contributed by atoms with Gasteiger partial charge in [0.05, 0.1) is 0 Å². The van der Waals surface area contributed by atoms with Crippen molar-refractivity contribution in [3.8, 4) is 0 Å². The Morgan fingerprint density at radius 1 is 1.46 bits per heavy atom. The van der Waals surface area contributed by atoms with Crippen LogP contribution >= 0.6 is 0 Å². The molecular formula is C10H15N3. The van der Waals surface area contributed by atoms with Crippen LogP contribution < -0.4 is 5.32 Å². The summed E-state index contributed by atoms with van der Waals surface area (Å²) in [5.74, 6) is 0. The molecule has 0 spiro atoms. The van der Waals surface area contributed by atoms with Crippen molar-refractivity contribution in [1.82, 2.24) is 15.2 Å². The molecule has 0 aliphatic carbocycles. The van der Waals surface area contributed by atoms with Crippen molar-refractivity contribution in [2.75, 3.05) is 20.1 Å². The van der Waals surface area contributed by atoms with E-state index in [4.69, 9.17) is 0 Å². The minimum atomic E-state index is 0.696. The summed E-state index contributed by atoms with van der Waals surface area (Å²) in [6.45, 7) is 3.39. The Kier molecular flexibility index (Phi) is 2.57. The Morgan fingerprint density at radius 3 is 2.77 bits per heavy atom. The highest BCUT2D eigenvalue weighted by Gasteiger charge is 2.24. The minimum absolute atomic E-state index is 0.696. The summed E-state index contributed by atoms with van der Waals surface area (Å²) in [7, 11) is 2.02. The quantitative estimate of drug-likeness (QED) is 0.728. The van der Waals surface area contributed by atoms with Gasteiger partial charge in [-0.2, -0.15) is 0 Å². The predicted octanol–water partition coefficient (Wildman–Crippen LogP) is 0.485. The second-order valence-electron chi connectivity index (χ2n) is 3.54. The van der Waals surface area contributed by atoms with Gasteiger partial charge in [-0.05, 0) is 24.7 Å². The van der Waals surface area contributed by atoms with Crippen LogP contribution in [0.5, 0.6) is 0 Å². The molecule has 0 saturated carbocycles. The van der Waals surface area contributed by atoms with E-state index in [1.165, 1.54) is 18.7 Å². The van der Waals surface area contributed by atoms with Crippen molar-refractivity contribution < 1.29 is 0 Å². The van der Waals surface area contributed by atoms with E-state index in [1.54, 1.807) is 0 Å². The molecule has 1 N–H and O–H groups in total. The third-order valence-corrected chi connectivity index (χ3v) is 2.52. The van der Waals surface area contributed by atoms with Gasteiger partial charge in [-0.3, -0.25) is 9.88 Å². The van der Waals surface area contributed by atoms with Crippen molar-refractivity contribution in [2.24, 2.45) is 0 Å². The maximum absolute atomic E-state index is 4.00. The van der Waals surface area contributed by atoms with Gasteiger partial charge < -0.3 is 5.32 Å². The maximum atomic E-state index is 4.00. The number of hydrogen-bond acceptors (Lipinski definition) is 3. The monoisotopic (exact) mass is 177 g/mol. The highest BCUT2D eigenvalue weighted by atomic mass is 15.2. The van der Waals surface area contributed by atoms with E-state index in [1.807, 2.05) is 19.4 Å². The van der Waals surface area contributed by atoms with Crippen LogP contribution in [0.2, 0.25) is 0 Å². The van der Waals surface area contributed by atoms with Crippen LogP contribution in [0.25, 0.3) is 0 Å². The van der Waals surface area contributed by atoms with Crippen molar-refractivity contribution in [3.63, 3.8) is 0 Å². The van der Waals surface area contributed by atoms with E-state index < -0.39 is 0 Å². The molecule has 0 unspecified atom stereocenters. The smallest absolute Gasteiger partial charge is 0.0320 e. The first-order chi connectivity index (χ1) is 6.38. The molecule has 1 saturated heterocycles. The summed E-state index contributed by atoms with van der Waals surface area (Å²) < 4.78 is 0. The lowest BCUT2D eigenvalue weighted by Crippen LogP contribution is -2.56. The first-order valence-corrected chi connectivity index (χ1v) is 4.67. The summed E-state index contributed by atoms with van der Waals surface area (Å²) in [4.78, 5) is 6.42. The number of pyridine rings is 1. The summed E-state index contributed by atoms with van der Waals surface area (Å²) in [5, 5.41) is 3.26. The molecule has 3 nitrogen and oxygen atoms in total. The molecule has 0 atom stereocenters. The Bertz CT molecular complexity index is 254. The fraction of sp³-hybridized carbons (Fsp3) is 0.500. The highest BCUT2D eigenvalue weighted by Crippen LogP contribution is 2.11. The van der Waals surface area contributed by atoms with E-state index in [0.717, 1.165) is 6.54 Å². The molecule has 2 heterocycles. The van der Waals surface area contributed by atoms with Crippen molar-refractivity contribution >= 4 is 0 Å². The molecule has 1 aliphatic heterocycles. The summed E-state index contributed by atoms with van der Waals surface area (Å²) in [6.07, 6.45) is 3.70. The summed E-state index contributed by atoms with van der Waals surface area (Å²) in [6, 6.07) is 4.85. The third kappa shape index (κ3) is 2.05. The van der Waals surface area contributed by atoms with Crippen LogP contribution in [0.4, 0.5) is 0 Å². The van der Waals surface area contributed by atoms with Gasteiger partial charge in [0, 0.05) is 38.1 Å². The largest absolute Gasteiger partial charge is 0.315 e. The van der Waals surface area contributed by atoms with E-state index in [9.17, 15) is 0 Å². The molecule has 0 aromatic carbocycles. The molecule has 70 valence electrons. The van der Waals surface area contributed by atoms with Gasteiger partial charge in [0.1, 0.15) is 0 Å². The Morgan fingerprint density at radius 2 is 2.15 bits per heavy atom. The second kappa shape index (κ2) is 3.85. The zero-order valence-corrected chi connectivity index (χ0v) is 7.90. The molecule has 1 aromatic rings. The molecular weight excluding hydrogens is 162 g/mol. The van der Waals surface area contributed by atoms with E-state index in [-0.39, 0.29) is 0 Å². The lowest BCUT2D eigenvalue weighted by molar-refractivity contribution is 0.124. The Hall–Kier alpha value is -0.930. The van der Waals surface area contributed by atoms with Gasteiger partial charge >= 0.3 is 0 Å². The molecule has 0 radical (unpaired) electrons. The molecule has 2 rings (SSSR count). The third-order valence-electron chi connectivity index (χ3n) is 2.52. The minimum Gasteiger partial charge on any atom is -0.315 e. The molecule has 0 bridgehead atoms. The second-order valence-corrected chi connectivity index (χ2v) is 3.54.